The molecule has 0 aliphatic carbocycles. The Bertz CT molecular complexity index is 116. The van der Waals surface area contributed by atoms with Gasteiger partial charge in [0.05, 0.1) is 0 Å². The fourth-order valence-electron chi connectivity index (χ4n) is 1.00. The van der Waals surface area contributed by atoms with E-state index in [9.17, 15) is 0 Å². The third kappa shape index (κ3) is 5.96. The first kappa shape index (κ1) is 10.5. The lowest BCUT2D eigenvalue weighted by Gasteiger charge is -2.16. The fraction of sp³-hybridized carbons (Fsp3) is 0.800. The summed E-state index contributed by atoms with van der Waals surface area (Å²) >= 11 is 0. The normalized spacial score (nSPS) is 13.2. The van der Waals surface area contributed by atoms with Gasteiger partial charge in [0.25, 0.3) is 0 Å². The average molecular weight is 155 g/mol. The Hall–Kier alpha value is -0.460. The van der Waals surface area contributed by atoms with Gasteiger partial charge >= 0.3 is 0 Å². The van der Waals surface area contributed by atoms with Crippen LogP contribution in [0.15, 0.2) is 12.3 Å². The lowest BCUT2D eigenvalue weighted by Crippen LogP contribution is -2.24. The minimum atomic E-state index is 0.571. The van der Waals surface area contributed by atoms with Crippen molar-refractivity contribution in [3.8, 4) is 0 Å². The van der Waals surface area contributed by atoms with Gasteiger partial charge in [-0.1, -0.05) is 27.4 Å². The van der Waals surface area contributed by atoms with Gasteiger partial charge in [0, 0.05) is 11.7 Å². The summed E-state index contributed by atoms with van der Waals surface area (Å²) < 4.78 is 0. The summed E-state index contributed by atoms with van der Waals surface area (Å²) in [6, 6.07) is 0.571. The lowest BCUT2D eigenvalue weighted by molar-refractivity contribution is 0.540. The molecule has 1 N–H and O–H groups in total. The van der Waals surface area contributed by atoms with Gasteiger partial charge in [-0.15, -0.1) is 0 Å². The number of allylic oxidation sites excluding steroid dienone is 1. The molecule has 0 aliphatic rings. The van der Waals surface area contributed by atoms with Crippen LogP contribution >= 0.6 is 0 Å². The molecule has 1 heteroatoms. The highest BCUT2D eigenvalue weighted by molar-refractivity contribution is 4.93. The van der Waals surface area contributed by atoms with Crippen LogP contribution in [0.5, 0.6) is 0 Å². The van der Waals surface area contributed by atoms with E-state index in [1.165, 1.54) is 5.70 Å². The molecular weight excluding hydrogens is 134 g/mol. The summed E-state index contributed by atoms with van der Waals surface area (Å²) in [5.74, 6) is 0.707. The van der Waals surface area contributed by atoms with Gasteiger partial charge in [0.15, 0.2) is 0 Å². The Labute approximate surface area is 70.9 Å². The van der Waals surface area contributed by atoms with E-state index >= 15 is 0 Å². The molecule has 0 aliphatic heterocycles. The summed E-state index contributed by atoms with van der Waals surface area (Å²) in [5.41, 5.74) is 1.18. The van der Waals surface area contributed by atoms with E-state index in [2.05, 4.69) is 39.6 Å². The van der Waals surface area contributed by atoms with Crippen molar-refractivity contribution in [1.29, 1.82) is 0 Å². The Morgan fingerprint density at radius 1 is 1.36 bits per heavy atom. The van der Waals surface area contributed by atoms with Gasteiger partial charge in [-0.25, -0.2) is 0 Å². The summed E-state index contributed by atoms with van der Waals surface area (Å²) in [5, 5.41) is 3.37. The zero-order valence-corrected chi connectivity index (χ0v) is 8.28. The second kappa shape index (κ2) is 5.22. The van der Waals surface area contributed by atoms with Crippen molar-refractivity contribution in [3.05, 3.63) is 12.3 Å². The molecule has 0 aromatic heterocycles. The van der Waals surface area contributed by atoms with E-state index in [4.69, 9.17) is 0 Å². The first-order chi connectivity index (χ1) is 5.06. The van der Waals surface area contributed by atoms with Gasteiger partial charge in [-0.05, 0) is 25.7 Å². The van der Waals surface area contributed by atoms with Crippen LogP contribution in [-0.2, 0) is 0 Å². The van der Waals surface area contributed by atoms with Crippen molar-refractivity contribution in [2.45, 2.75) is 46.6 Å². The molecule has 0 saturated carbocycles. The molecule has 0 amide bonds. The minimum absolute atomic E-state index is 0.571. The van der Waals surface area contributed by atoms with Crippen molar-refractivity contribution in [3.63, 3.8) is 0 Å². The maximum Gasteiger partial charge on any atom is 0.0227 e. The average Bonchev–Trinajstić information content (AvgIpc) is 1.85. The zero-order valence-electron chi connectivity index (χ0n) is 8.28. The zero-order chi connectivity index (χ0) is 8.85. The maximum atomic E-state index is 3.97. The van der Waals surface area contributed by atoms with E-state index in [-0.39, 0.29) is 0 Å². The number of rotatable bonds is 5. The molecule has 11 heavy (non-hydrogen) atoms. The summed E-state index contributed by atoms with van der Waals surface area (Å²) in [4.78, 5) is 0. The quantitative estimate of drug-likeness (QED) is 0.643. The molecule has 1 nitrogen and oxygen atoms in total. The van der Waals surface area contributed by atoms with Crippen molar-refractivity contribution < 1.29 is 0 Å². The van der Waals surface area contributed by atoms with E-state index in [0.717, 1.165) is 12.8 Å². The van der Waals surface area contributed by atoms with Crippen molar-refractivity contribution in [2.24, 2.45) is 5.92 Å². The monoisotopic (exact) mass is 155 g/mol. The molecule has 0 rings (SSSR count). The van der Waals surface area contributed by atoms with Gasteiger partial charge in [0.2, 0.25) is 0 Å². The number of nitrogens with one attached hydrogen (secondary N) is 1. The molecular formula is C10H21N. The molecule has 0 spiro atoms. The molecule has 66 valence electrons. The molecule has 0 heterocycles. The Balaban J connectivity index is 3.52. The first-order valence-electron chi connectivity index (χ1n) is 4.50. The van der Waals surface area contributed by atoms with Crippen molar-refractivity contribution in [1.82, 2.24) is 5.32 Å². The smallest absolute Gasteiger partial charge is 0.0227 e. The van der Waals surface area contributed by atoms with Gasteiger partial charge in [-0.3, -0.25) is 0 Å². The Kier molecular flexibility index (Phi) is 5.01. The van der Waals surface area contributed by atoms with E-state index in [1.54, 1.807) is 0 Å². The summed E-state index contributed by atoms with van der Waals surface area (Å²) in [6.07, 6.45) is 2.25. The fourth-order valence-corrected chi connectivity index (χ4v) is 1.00. The van der Waals surface area contributed by atoms with E-state index in [0.29, 0.717) is 12.0 Å². The number of hydrogen-bond donors (Lipinski definition) is 1. The summed E-state index contributed by atoms with van der Waals surface area (Å²) in [6.45, 7) is 12.8. The predicted octanol–water partition coefficient (Wildman–Crippen LogP) is 2.93. The van der Waals surface area contributed by atoms with Gasteiger partial charge in [-0.2, -0.15) is 0 Å². The second-order valence-corrected chi connectivity index (χ2v) is 3.66. The lowest BCUT2D eigenvalue weighted by atomic mass is 10.1. The molecule has 1 unspecified atom stereocenters. The van der Waals surface area contributed by atoms with Gasteiger partial charge in [0.1, 0.15) is 0 Å². The molecule has 0 bridgehead atoms. The van der Waals surface area contributed by atoms with Crippen molar-refractivity contribution in [2.75, 3.05) is 0 Å². The molecule has 1 atom stereocenters. The van der Waals surface area contributed by atoms with Crippen LogP contribution in [0, 0.1) is 5.92 Å². The molecule has 0 aromatic carbocycles. The highest BCUT2D eigenvalue weighted by atomic mass is 14.9. The third-order valence-electron chi connectivity index (χ3n) is 1.72. The highest BCUT2D eigenvalue weighted by Crippen LogP contribution is 2.06. The van der Waals surface area contributed by atoms with Gasteiger partial charge < -0.3 is 5.32 Å². The highest BCUT2D eigenvalue weighted by Gasteiger charge is 2.01. The van der Waals surface area contributed by atoms with Crippen molar-refractivity contribution >= 4 is 0 Å². The van der Waals surface area contributed by atoms with Crippen LogP contribution in [0.1, 0.15) is 40.5 Å². The van der Waals surface area contributed by atoms with Crippen LogP contribution in [0.25, 0.3) is 0 Å². The molecule has 0 fully saturated rings. The minimum Gasteiger partial charge on any atom is -0.386 e. The number of hydrogen-bond acceptors (Lipinski definition) is 1. The topological polar surface area (TPSA) is 12.0 Å². The molecule has 0 saturated heterocycles. The molecule has 0 radical (unpaired) electrons. The van der Waals surface area contributed by atoms with E-state index in [1.807, 2.05) is 0 Å². The largest absolute Gasteiger partial charge is 0.386 e. The van der Waals surface area contributed by atoms with Crippen LogP contribution < -0.4 is 5.32 Å². The predicted molar refractivity (Wildman–Crippen MR) is 51.5 cm³/mol. The van der Waals surface area contributed by atoms with Crippen LogP contribution in [0.4, 0.5) is 0 Å². The van der Waals surface area contributed by atoms with Crippen LogP contribution in [0.2, 0.25) is 0 Å². The van der Waals surface area contributed by atoms with Crippen LogP contribution in [-0.4, -0.2) is 6.04 Å². The summed E-state index contributed by atoms with van der Waals surface area (Å²) in [7, 11) is 0. The van der Waals surface area contributed by atoms with Crippen LogP contribution in [0.3, 0.4) is 0 Å². The first-order valence-corrected chi connectivity index (χ1v) is 4.50. The Morgan fingerprint density at radius 3 is 2.27 bits per heavy atom. The SMILES string of the molecule is C=C(CC(C)C)NC(C)CC. The Morgan fingerprint density at radius 2 is 1.91 bits per heavy atom. The maximum absolute atomic E-state index is 3.97. The molecule has 0 aromatic rings. The van der Waals surface area contributed by atoms with E-state index < -0.39 is 0 Å². The standard InChI is InChI=1S/C10H21N/c1-6-9(4)11-10(5)7-8(2)3/h8-9,11H,5-7H2,1-4H3. The second-order valence-electron chi connectivity index (χ2n) is 3.66. The third-order valence-corrected chi connectivity index (χ3v) is 1.72.